The third kappa shape index (κ3) is 1.04. The minimum atomic E-state index is -1.55. The summed E-state index contributed by atoms with van der Waals surface area (Å²) in [4.78, 5) is 2.93. The SMILES string of the molecule is FC1=NCNC(F)=C1F. The Labute approximate surface area is 49.1 Å². The van der Waals surface area contributed by atoms with Gasteiger partial charge in [-0.25, -0.2) is 4.99 Å². The van der Waals surface area contributed by atoms with Gasteiger partial charge in [-0.15, -0.1) is 0 Å². The molecule has 0 spiro atoms. The monoisotopic (exact) mass is 136 g/mol. The molecule has 0 saturated heterocycles. The molecule has 0 unspecified atom stereocenters. The summed E-state index contributed by atoms with van der Waals surface area (Å²) in [5.74, 6) is -4.23. The van der Waals surface area contributed by atoms with Crippen molar-refractivity contribution in [2.75, 3.05) is 6.67 Å². The molecule has 0 bridgehead atoms. The molecule has 0 aliphatic carbocycles. The van der Waals surface area contributed by atoms with Crippen LogP contribution in [0.5, 0.6) is 0 Å². The molecule has 0 atom stereocenters. The van der Waals surface area contributed by atoms with Crippen molar-refractivity contribution in [3.8, 4) is 0 Å². The molecule has 50 valence electrons. The molecule has 0 aromatic heterocycles. The van der Waals surface area contributed by atoms with Crippen LogP contribution < -0.4 is 5.32 Å². The zero-order valence-electron chi connectivity index (χ0n) is 4.29. The Morgan fingerprint density at radius 1 is 1.33 bits per heavy atom. The molecule has 1 aliphatic rings. The second-order valence-electron chi connectivity index (χ2n) is 1.41. The Morgan fingerprint density at radius 3 is 2.44 bits per heavy atom. The molecule has 1 N–H and O–H groups in total. The van der Waals surface area contributed by atoms with Gasteiger partial charge in [-0.05, 0) is 0 Å². The fourth-order valence-corrected chi connectivity index (χ4v) is 0.416. The van der Waals surface area contributed by atoms with E-state index in [1.165, 1.54) is 0 Å². The van der Waals surface area contributed by atoms with Crippen LogP contribution in [0.15, 0.2) is 16.8 Å². The summed E-state index contributed by atoms with van der Waals surface area (Å²) in [6, 6.07) is 0. The van der Waals surface area contributed by atoms with Crippen LogP contribution in [-0.2, 0) is 0 Å². The summed E-state index contributed by atoms with van der Waals surface area (Å²) in [6.07, 6.45) is 0. The molecule has 2 nitrogen and oxygen atoms in total. The van der Waals surface area contributed by atoms with Crippen LogP contribution in [0, 0.1) is 0 Å². The Hall–Kier alpha value is -1.00. The lowest BCUT2D eigenvalue weighted by molar-refractivity contribution is 0.475. The van der Waals surface area contributed by atoms with Gasteiger partial charge in [0.2, 0.25) is 11.8 Å². The number of nitrogens with zero attached hydrogens (tertiary/aromatic N) is 1. The maximum atomic E-state index is 11.9. The highest BCUT2D eigenvalue weighted by Crippen LogP contribution is 2.11. The van der Waals surface area contributed by atoms with Crippen LogP contribution >= 0.6 is 0 Å². The third-order valence-electron chi connectivity index (χ3n) is 0.826. The van der Waals surface area contributed by atoms with Crippen LogP contribution in [0.25, 0.3) is 0 Å². The van der Waals surface area contributed by atoms with E-state index in [0.29, 0.717) is 0 Å². The fourth-order valence-electron chi connectivity index (χ4n) is 0.416. The predicted molar refractivity (Wildman–Crippen MR) is 25.8 cm³/mol. The van der Waals surface area contributed by atoms with Crippen LogP contribution in [0.4, 0.5) is 13.2 Å². The molecule has 1 aliphatic heterocycles. The summed E-state index contributed by atoms with van der Waals surface area (Å²) < 4.78 is 35.7. The van der Waals surface area contributed by atoms with Crippen molar-refractivity contribution >= 4 is 5.97 Å². The summed E-state index contributed by atoms with van der Waals surface area (Å²) in [5, 5.41) is 1.87. The average molecular weight is 136 g/mol. The molecule has 9 heavy (non-hydrogen) atoms. The lowest BCUT2D eigenvalue weighted by Gasteiger charge is -2.04. The summed E-state index contributed by atoms with van der Waals surface area (Å²) in [7, 11) is 0. The van der Waals surface area contributed by atoms with Gasteiger partial charge in [0.25, 0.3) is 5.97 Å². The molecule has 1 rings (SSSR count). The van der Waals surface area contributed by atoms with Crippen molar-refractivity contribution in [3.63, 3.8) is 0 Å². The highest BCUT2D eigenvalue weighted by molar-refractivity contribution is 5.91. The molecule has 0 fully saturated rings. The molecule has 0 radical (unpaired) electrons. The Balaban J connectivity index is 2.88. The topological polar surface area (TPSA) is 24.4 Å². The first-order valence-corrected chi connectivity index (χ1v) is 2.21. The zero-order chi connectivity index (χ0) is 6.85. The van der Waals surface area contributed by atoms with Crippen molar-refractivity contribution < 1.29 is 13.2 Å². The average Bonchev–Trinajstić information content (AvgIpc) is 1.83. The first kappa shape index (κ1) is 6.12. The van der Waals surface area contributed by atoms with E-state index < -0.39 is 17.7 Å². The number of hydrogen-bond donors (Lipinski definition) is 1. The van der Waals surface area contributed by atoms with E-state index in [1.807, 2.05) is 5.32 Å². The van der Waals surface area contributed by atoms with Crippen LogP contribution in [0.2, 0.25) is 0 Å². The van der Waals surface area contributed by atoms with Gasteiger partial charge in [0, 0.05) is 0 Å². The standard InChI is InChI=1S/C4H3F3N2/c5-2-3(6)8-1-9-4(2)7/h8H,1H2. The molecule has 0 amide bonds. The number of halogens is 3. The first-order chi connectivity index (χ1) is 4.22. The lowest BCUT2D eigenvalue weighted by atomic mass is 10.5. The number of hydrogen-bond acceptors (Lipinski definition) is 2. The van der Waals surface area contributed by atoms with Gasteiger partial charge in [-0.1, -0.05) is 0 Å². The van der Waals surface area contributed by atoms with Crippen LogP contribution in [0.1, 0.15) is 0 Å². The van der Waals surface area contributed by atoms with E-state index in [-0.39, 0.29) is 6.67 Å². The minimum absolute atomic E-state index is 0.245. The van der Waals surface area contributed by atoms with Crippen LogP contribution in [0.3, 0.4) is 0 Å². The quantitative estimate of drug-likeness (QED) is 0.494. The lowest BCUT2D eigenvalue weighted by Crippen LogP contribution is -2.18. The number of aliphatic imine (C=N–C) groups is 1. The largest absolute Gasteiger partial charge is 0.340 e. The van der Waals surface area contributed by atoms with E-state index in [9.17, 15) is 13.2 Å². The maximum Gasteiger partial charge on any atom is 0.250 e. The number of rotatable bonds is 0. The second kappa shape index (κ2) is 2.08. The van der Waals surface area contributed by atoms with Gasteiger partial charge in [-0.2, -0.15) is 13.2 Å². The Kier molecular flexibility index (Phi) is 1.42. The zero-order valence-corrected chi connectivity index (χ0v) is 4.29. The smallest absolute Gasteiger partial charge is 0.250 e. The van der Waals surface area contributed by atoms with Crippen molar-refractivity contribution in [3.05, 3.63) is 11.8 Å². The van der Waals surface area contributed by atoms with Crippen molar-refractivity contribution in [1.29, 1.82) is 0 Å². The summed E-state index contributed by atoms with van der Waals surface area (Å²) in [5.41, 5.74) is 0. The van der Waals surface area contributed by atoms with Gasteiger partial charge in [-0.3, -0.25) is 0 Å². The van der Waals surface area contributed by atoms with E-state index in [0.717, 1.165) is 0 Å². The van der Waals surface area contributed by atoms with Crippen molar-refractivity contribution in [2.45, 2.75) is 0 Å². The molecule has 5 heteroatoms. The van der Waals surface area contributed by atoms with E-state index in [2.05, 4.69) is 4.99 Å². The molecule has 1 heterocycles. The first-order valence-electron chi connectivity index (χ1n) is 2.21. The highest BCUT2D eigenvalue weighted by Gasteiger charge is 2.16. The predicted octanol–water partition coefficient (Wildman–Crippen LogP) is 1.02. The third-order valence-corrected chi connectivity index (χ3v) is 0.826. The fraction of sp³-hybridized carbons (Fsp3) is 0.250. The minimum Gasteiger partial charge on any atom is -0.340 e. The van der Waals surface area contributed by atoms with Gasteiger partial charge in [0.1, 0.15) is 6.67 Å². The van der Waals surface area contributed by atoms with E-state index in [1.54, 1.807) is 0 Å². The number of nitrogens with one attached hydrogen (secondary N) is 1. The Bertz CT molecular complexity index is 184. The van der Waals surface area contributed by atoms with E-state index >= 15 is 0 Å². The normalized spacial score (nSPS) is 19.2. The number of allylic oxidation sites excluding steroid dienone is 1. The van der Waals surface area contributed by atoms with Crippen LogP contribution in [-0.4, -0.2) is 12.6 Å². The van der Waals surface area contributed by atoms with Gasteiger partial charge >= 0.3 is 0 Å². The molecule has 0 aromatic rings. The van der Waals surface area contributed by atoms with Gasteiger partial charge in [0.05, 0.1) is 0 Å². The van der Waals surface area contributed by atoms with Gasteiger partial charge in [0.15, 0.2) is 0 Å². The van der Waals surface area contributed by atoms with Gasteiger partial charge < -0.3 is 5.32 Å². The highest BCUT2D eigenvalue weighted by atomic mass is 19.2. The summed E-state index contributed by atoms with van der Waals surface area (Å²) >= 11 is 0. The molecular weight excluding hydrogens is 133 g/mol. The Morgan fingerprint density at radius 2 is 2.00 bits per heavy atom. The second-order valence-corrected chi connectivity index (χ2v) is 1.41. The van der Waals surface area contributed by atoms with Crippen molar-refractivity contribution in [2.24, 2.45) is 4.99 Å². The summed E-state index contributed by atoms with van der Waals surface area (Å²) in [6.45, 7) is -0.245. The molecular formula is C4H3F3N2. The molecule has 0 aromatic carbocycles. The maximum absolute atomic E-state index is 11.9. The van der Waals surface area contributed by atoms with Crippen molar-refractivity contribution in [1.82, 2.24) is 5.32 Å². The molecule has 0 saturated carbocycles. The van der Waals surface area contributed by atoms with E-state index in [4.69, 9.17) is 0 Å².